The number of esters is 1. The molecule has 5 heteroatoms. The van der Waals surface area contributed by atoms with Crippen LogP contribution in [0.25, 0.3) is 0 Å². The van der Waals surface area contributed by atoms with Crippen LogP contribution in [0.1, 0.15) is 22.1 Å². The average Bonchev–Trinajstić information content (AvgIpc) is 2.46. The van der Waals surface area contributed by atoms with Gasteiger partial charge in [0.15, 0.2) is 0 Å². The predicted octanol–water partition coefficient (Wildman–Crippen LogP) is 2.82. The van der Waals surface area contributed by atoms with Gasteiger partial charge in [-0.05, 0) is 24.3 Å². The Morgan fingerprint density at radius 3 is 2.05 bits per heavy atom. The molecule has 0 aliphatic heterocycles. The molecular weight excluding hydrogens is 246 g/mol. The van der Waals surface area contributed by atoms with Gasteiger partial charge in [-0.25, -0.2) is 4.79 Å². The minimum Gasteiger partial charge on any atom is -0.390 e. The van der Waals surface area contributed by atoms with Crippen molar-refractivity contribution in [3.63, 3.8) is 0 Å². The summed E-state index contributed by atoms with van der Waals surface area (Å²) < 4.78 is 4.95. The maximum Gasteiger partial charge on any atom is 0.383 e. The molecule has 5 nitrogen and oxygen atoms in total. The lowest BCUT2D eigenvalue weighted by Gasteiger charge is -2.10. The van der Waals surface area contributed by atoms with E-state index in [1.54, 1.807) is 60.7 Å². The molecule has 1 atom stereocenters. The van der Waals surface area contributed by atoms with Gasteiger partial charge in [0.05, 0.1) is 16.1 Å². The molecule has 0 saturated heterocycles. The fraction of sp³-hybridized carbons (Fsp3) is 0.0714. The van der Waals surface area contributed by atoms with Gasteiger partial charge in [-0.2, -0.15) is 0 Å². The summed E-state index contributed by atoms with van der Waals surface area (Å²) in [6.07, 6.45) is -1.49. The van der Waals surface area contributed by atoms with E-state index in [9.17, 15) is 14.9 Å². The Morgan fingerprint density at radius 1 is 1.00 bits per heavy atom. The molecule has 0 aliphatic rings. The highest BCUT2D eigenvalue weighted by Gasteiger charge is 2.27. The van der Waals surface area contributed by atoms with E-state index >= 15 is 0 Å². The molecule has 0 aromatic heterocycles. The van der Waals surface area contributed by atoms with Gasteiger partial charge in [0, 0.05) is 0 Å². The molecular formula is C14H11NO4. The fourth-order valence-electron chi connectivity index (χ4n) is 1.59. The SMILES string of the molecule is O=C(OC(c1ccccc1)[N+](=O)[O-])c1ccccc1. The Hall–Kier alpha value is -2.69. The number of ether oxygens (including phenoxy) is 1. The van der Waals surface area contributed by atoms with Crippen molar-refractivity contribution in [2.24, 2.45) is 0 Å². The predicted molar refractivity (Wildman–Crippen MR) is 68.0 cm³/mol. The molecule has 2 rings (SSSR count). The molecule has 0 fully saturated rings. The second-order valence-corrected chi connectivity index (χ2v) is 3.82. The largest absolute Gasteiger partial charge is 0.390 e. The minimum atomic E-state index is -1.49. The highest BCUT2D eigenvalue weighted by molar-refractivity contribution is 5.89. The smallest absolute Gasteiger partial charge is 0.383 e. The summed E-state index contributed by atoms with van der Waals surface area (Å²) in [5.41, 5.74) is 0.613. The Labute approximate surface area is 109 Å². The lowest BCUT2D eigenvalue weighted by atomic mass is 10.2. The van der Waals surface area contributed by atoms with Crippen LogP contribution in [-0.2, 0) is 4.74 Å². The zero-order valence-corrected chi connectivity index (χ0v) is 9.93. The van der Waals surface area contributed by atoms with Crippen LogP contribution in [0.2, 0.25) is 0 Å². The number of nitro groups is 1. The van der Waals surface area contributed by atoms with Crippen LogP contribution in [0.4, 0.5) is 0 Å². The summed E-state index contributed by atoms with van der Waals surface area (Å²) >= 11 is 0. The number of carbonyl (C=O) groups is 1. The standard InChI is InChI=1S/C14H11NO4/c16-14(12-9-5-2-6-10-12)19-13(15(17)18)11-7-3-1-4-8-11/h1-10,13H. The number of benzene rings is 2. The molecule has 0 spiro atoms. The molecule has 0 bridgehead atoms. The fourth-order valence-corrected chi connectivity index (χ4v) is 1.59. The number of nitrogens with zero attached hydrogens (tertiary/aromatic N) is 1. The minimum absolute atomic E-state index is 0.283. The normalized spacial score (nSPS) is 11.6. The van der Waals surface area contributed by atoms with E-state index < -0.39 is 17.1 Å². The molecule has 0 radical (unpaired) electrons. The van der Waals surface area contributed by atoms with Crippen molar-refractivity contribution in [2.75, 3.05) is 0 Å². The van der Waals surface area contributed by atoms with Gasteiger partial charge in [0.25, 0.3) is 0 Å². The summed E-state index contributed by atoms with van der Waals surface area (Å²) in [6.45, 7) is 0. The zero-order chi connectivity index (χ0) is 13.7. The lowest BCUT2D eigenvalue weighted by molar-refractivity contribution is -0.574. The number of hydrogen-bond acceptors (Lipinski definition) is 4. The summed E-state index contributed by atoms with van der Waals surface area (Å²) in [6, 6.07) is 16.3. The van der Waals surface area contributed by atoms with E-state index in [1.165, 1.54) is 0 Å². The van der Waals surface area contributed by atoms with Gasteiger partial charge in [-0.3, -0.25) is 10.1 Å². The number of rotatable bonds is 4. The highest BCUT2D eigenvalue weighted by Crippen LogP contribution is 2.19. The van der Waals surface area contributed by atoms with Crippen LogP contribution < -0.4 is 0 Å². The van der Waals surface area contributed by atoms with Crippen molar-refractivity contribution >= 4 is 5.97 Å². The first-order valence-corrected chi connectivity index (χ1v) is 5.63. The summed E-state index contributed by atoms with van der Waals surface area (Å²) in [7, 11) is 0. The Kier molecular flexibility index (Phi) is 3.87. The molecule has 0 amide bonds. The maximum atomic E-state index is 11.8. The van der Waals surface area contributed by atoms with Gasteiger partial charge >= 0.3 is 12.2 Å². The molecule has 1 unspecified atom stereocenters. The van der Waals surface area contributed by atoms with Crippen LogP contribution in [-0.4, -0.2) is 10.9 Å². The second kappa shape index (κ2) is 5.77. The summed E-state index contributed by atoms with van der Waals surface area (Å²) in [4.78, 5) is 22.2. The molecule has 0 saturated carbocycles. The van der Waals surface area contributed by atoms with E-state index in [-0.39, 0.29) is 5.56 Å². The number of carbonyl (C=O) groups excluding carboxylic acids is 1. The highest BCUT2D eigenvalue weighted by atomic mass is 16.7. The number of hydrogen-bond donors (Lipinski definition) is 0. The van der Waals surface area contributed by atoms with Crippen LogP contribution in [0.15, 0.2) is 60.7 Å². The summed E-state index contributed by atoms with van der Waals surface area (Å²) in [5.74, 6) is -0.717. The molecule has 2 aromatic carbocycles. The van der Waals surface area contributed by atoms with Crippen molar-refractivity contribution in [1.29, 1.82) is 0 Å². The Bertz CT molecular complexity index is 569. The van der Waals surface area contributed by atoms with Gasteiger partial charge in [-0.1, -0.05) is 36.4 Å². The topological polar surface area (TPSA) is 69.4 Å². The van der Waals surface area contributed by atoms with E-state index in [0.717, 1.165) is 0 Å². The maximum absolute atomic E-state index is 11.8. The van der Waals surface area contributed by atoms with E-state index in [1.807, 2.05) is 0 Å². The zero-order valence-electron chi connectivity index (χ0n) is 9.93. The van der Waals surface area contributed by atoms with Crippen LogP contribution in [0, 0.1) is 10.1 Å². The average molecular weight is 257 g/mol. The molecule has 2 aromatic rings. The van der Waals surface area contributed by atoms with Gasteiger partial charge in [0.1, 0.15) is 0 Å². The van der Waals surface area contributed by atoms with E-state index in [0.29, 0.717) is 5.56 Å². The Balaban J connectivity index is 2.19. The monoisotopic (exact) mass is 257 g/mol. The lowest BCUT2D eigenvalue weighted by Crippen LogP contribution is -2.18. The van der Waals surface area contributed by atoms with Crippen molar-refractivity contribution in [3.05, 3.63) is 81.9 Å². The van der Waals surface area contributed by atoms with Gasteiger partial charge in [-0.15, -0.1) is 0 Å². The molecule has 96 valence electrons. The van der Waals surface area contributed by atoms with Crippen LogP contribution in [0.3, 0.4) is 0 Å². The molecule has 19 heavy (non-hydrogen) atoms. The first kappa shape index (κ1) is 12.8. The third kappa shape index (κ3) is 3.16. The van der Waals surface area contributed by atoms with Crippen molar-refractivity contribution in [1.82, 2.24) is 0 Å². The van der Waals surface area contributed by atoms with Crippen LogP contribution in [0.5, 0.6) is 0 Å². The second-order valence-electron chi connectivity index (χ2n) is 3.82. The van der Waals surface area contributed by atoms with E-state index in [2.05, 4.69) is 0 Å². The quantitative estimate of drug-likeness (QED) is 0.365. The van der Waals surface area contributed by atoms with Gasteiger partial charge < -0.3 is 4.74 Å². The molecule has 0 heterocycles. The third-order valence-corrected chi connectivity index (χ3v) is 2.50. The van der Waals surface area contributed by atoms with Crippen molar-refractivity contribution in [3.8, 4) is 0 Å². The molecule has 0 aliphatic carbocycles. The van der Waals surface area contributed by atoms with E-state index in [4.69, 9.17) is 4.74 Å². The first-order valence-electron chi connectivity index (χ1n) is 5.63. The van der Waals surface area contributed by atoms with Gasteiger partial charge in [0.2, 0.25) is 0 Å². The third-order valence-electron chi connectivity index (χ3n) is 2.50. The van der Waals surface area contributed by atoms with Crippen molar-refractivity contribution in [2.45, 2.75) is 6.23 Å². The van der Waals surface area contributed by atoms with Crippen LogP contribution >= 0.6 is 0 Å². The molecule has 0 N–H and O–H groups in total. The summed E-state index contributed by atoms with van der Waals surface area (Å²) in [5, 5.41) is 11.0. The first-order chi connectivity index (χ1) is 9.18. The Morgan fingerprint density at radius 2 is 1.53 bits per heavy atom. The van der Waals surface area contributed by atoms with Crippen molar-refractivity contribution < 1.29 is 14.5 Å².